The lowest BCUT2D eigenvalue weighted by atomic mass is 9.77. The van der Waals surface area contributed by atoms with Crippen molar-refractivity contribution < 1.29 is 37.5 Å². The molecule has 0 aromatic carbocycles. The highest BCUT2D eigenvalue weighted by atomic mass is 28.4. The van der Waals surface area contributed by atoms with E-state index in [0.717, 1.165) is 18.1 Å². The second-order valence-corrected chi connectivity index (χ2v) is 26.7. The number of allylic oxidation sites excluding steroid dienone is 1. The highest BCUT2D eigenvalue weighted by Gasteiger charge is 2.47. The van der Waals surface area contributed by atoms with Crippen molar-refractivity contribution in [3.63, 3.8) is 0 Å². The average molecular weight is 728 g/mol. The standard InChI is InChI=1S/C38H73NO8Si2/c1-20-30(46-48(18,19)37(13,14)15)38(16,17)33(41)31(40)27(8)26(7)28(9)44-34(42)32(47-49(21-2,22-3)23-4)29(24-25(5)6)39-35(43)45-36(10,11)12/h25,28-30,32H,20-24H2,1-19H3,(H,39,43)/b27-26+/t28-,29-,30-,32?/m0/s1. The summed E-state index contributed by atoms with van der Waals surface area (Å²) in [5, 5.41) is 2.86. The highest BCUT2D eigenvalue weighted by Crippen LogP contribution is 2.41. The number of carbonyl (C=O) groups is 4. The molecule has 4 atom stereocenters. The number of rotatable bonds is 19. The summed E-state index contributed by atoms with van der Waals surface area (Å²) >= 11 is 0. The van der Waals surface area contributed by atoms with E-state index >= 15 is 0 Å². The van der Waals surface area contributed by atoms with E-state index in [1.165, 1.54) is 0 Å². The highest BCUT2D eigenvalue weighted by molar-refractivity contribution is 6.74. The Morgan fingerprint density at radius 3 is 1.65 bits per heavy atom. The third-order valence-electron chi connectivity index (χ3n) is 10.4. The lowest BCUT2D eigenvalue weighted by molar-refractivity contribution is -0.157. The first-order valence-electron chi connectivity index (χ1n) is 18.4. The Balaban J connectivity index is 6.56. The molecule has 0 aromatic rings. The summed E-state index contributed by atoms with van der Waals surface area (Å²) in [5.74, 6) is -1.64. The van der Waals surface area contributed by atoms with Crippen molar-refractivity contribution >= 4 is 40.3 Å². The number of Topliss-reactive ketones (excluding diaryl/α,β-unsaturated/α-hetero) is 2. The van der Waals surface area contributed by atoms with Crippen LogP contribution in [0.4, 0.5) is 4.79 Å². The Labute approximate surface area is 301 Å². The number of carbonyl (C=O) groups excluding carboxylic acids is 4. The van der Waals surface area contributed by atoms with Crippen molar-refractivity contribution in [2.45, 2.75) is 197 Å². The molecular formula is C38H73NO8Si2. The number of amides is 1. The molecule has 1 unspecified atom stereocenters. The molecule has 0 radical (unpaired) electrons. The fourth-order valence-corrected chi connectivity index (χ4v) is 9.81. The second kappa shape index (κ2) is 18.6. The van der Waals surface area contributed by atoms with Gasteiger partial charge in [-0.25, -0.2) is 9.59 Å². The third kappa shape index (κ3) is 13.7. The number of esters is 1. The molecule has 286 valence electrons. The topological polar surface area (TPSA) is 117 Å². The van der Waals surface area contributed by atoms with E-state index in [0.29, 0.717) is 18.4 Å². The minimum Gasteiger partial charge on any atom is -0.456 e. The van der Waals surface area contributed by atoms with Gasteiger partial charge in [-0.3, -0.25) is 9.59 Å². The van der Waals surface area contributed by atoms with Gasteiger partial charge in [-0.2, -0.15) is 0 Å². The van der Waals surface area contributed by atoms with E-state index in [4.69, 9.17) is 18.3 Å². The van der Waals surface area contributed by atoms with Crippen LogP contribution in [-0.4, -0.2) is 70.2 Å². The van der Waals surface area contributed by atoms with Crippen molar-refractivity contribution in [2.24, 2.45) is 11.3 Å². The predicted molar refractivity (Wildman–Crippen MR) is 205 cm³/mol. The number of hydrogen-bond acceptors (Lipinski definition) is 8. The first-order chi connectivity index (χ1) is 22.1. The Bertz CT molecular complexity index is 1150. The minimum atomic E-state index is -2.37. The fourth-order valence-electron chi connectivity index (χ4n) is 5.49. The second-order valence-electron chi connectivity index (χ2n) is 17.2. The lowest BCUT2D eigenvalue weighted by Crippen LogP contribution is -2.55. The van der Waals surface area contributed by atoms with Crippen molar-refractivity contribution in [2.75, 3.05) is 0 Å². The quantitative estimate of drug-likeness (QED) is 0.0605. The molecular weight excluding hydrogens is 655 g/mol. The minimum absolute atomic E-state index is 0.0546. The van der Waals surface area contributed by atoms with Gasteiger partial charge in [0.2, 0.25) is 11.6 Å². The van der Waals surface area contributed by atoms with Gasteiger partial charge in [0.1, 0.15) is 11.7 Å². The van der Waals surface area contributed by atoms with Gasteiger partial charge in [0.15, 0.2) is 22.7 Å². The Hall–Kier alpha value is -1.83. The van der Waals surface area contributed by atoms with Gasteiger partial charge in [0.25, 0.3) is 0 Å². The predicted octanol–water partition coefficient (Wildman–Crippen LogP) is 9.55. The Morgan fingerprint density at radius 1 is 0.776 bits per heavy atom. The summed E-state index contributed by atoms with van der Waals surface area (Å²) < 4.78 is 25.0. The van der Waals surface area contributed by atoms with Crippen molar-refractivity contribution in [3.8, 4) is 0 Å². The zero-order chi connectivity index (χ0) is 38.9. The molecule has 11 heteroatoms. The monoisotopic (exact) mass is 727 g/mol. The third-order valence-corrected chi connectivity index (χ3v) is 19.5. The number of nitrogens with one attached hydrogen (secondary N) is 1. The van der Waals surface area contributed by atoms with E-state index in [1.54, 1.807) is 55.4 Å². The maximum absolute atomic E-state index is 14.1. The molecule has 0 heterocycles. The molecule has 0 rings (SSSR count). The van der Waals surface area contributed by atoms with Crippen molar-refractivity contribution in [1.29, 1.82) is 0 Å². The van der Waals surface area contributed by atoms with Gasteiger partial charge in [-0.1, -0.05) is 62.3 Å². The molecule has 9 nitrogen and oxygen atoms in total. The van der Waals surface area contributed by atoms with Crippen LogP contribution < -0.4 is 5.32 Å². The zero-order valence-electron chi connectivity index (χ0n) is 34.7. The fraction of sp³-hybridized carbons (Fsp3) is 0.842. The molecule has 0 aliphatic carbocycles. The van der Waals surface area contributed by atoms with Gasteiger partial charge in [0.05, 0.1) is 17.6 Å². The van der Waals surface area contributed by atoms with E-state index in [1.807, 2.05) is 20.8 Å². The normalized spacial score (nSPS) is 16.3. The maximum Gasteiger partial charge on any atom is 0.407 e. The van der Waals surface area contributed by atoms with Gasteiger partial charge >= 0.3 is 12.1 Å². The molecule has 1 amide bonds. The van der Waals surface area contributed by atoms with E-state index in [-0.39, 0.29) is 16.5 Å². The summed E-state index contributed by atoms with van der Waals surface area (Å²) in [7, 11) is -4.59. The molecule has 49 heavy (non-hydrogen) atoms. The molecule has 0 aliphatic heterocycles. The molecule has 0 spiro atoms. The zero-order valence-corrected chi connectivity index (χ0v) is 36.7. The molecule has 0 bridgehead atoms. The van der Waals surface area contributed by atoms with Crippen molar-refractivity contribution in [1.82, 2.24) is 5.32 Å². The van der Waals surface area contributed by atoms with Crippen LogP contribution in [-0.2, 0) is 32.7 Å². The number of alkyl carbamates (subject to hydrolysis) is 1. The Kier molecular flexibility index (Phi) is 17.9. The van der Waals surface area contributed by atoms with Gasteiger partial charge in [0, 0.05) is 5.57 Å². The van der Waals surface area contributed by atoms with Gasteiger partial charge < -0.3 is 23.6 Å². The van der Waals surface area contributed by atoms with Crippen LogP contribution in [0.15, 0.2) is 11.1 Å². The number of ketones is 2. The number of ether oxygens (including phenoxy) is 2. The molecule has 0 aliphatic rings. The summed E-state index contributed by atoms with van der Waals surface area (Å²) in [6.07, 6.45) is -1.92. The van der Waals surface area contributed by atoms with Gasteiger partial charge in [-0.15, -0.1) is 0 Å². The van der Waals surface area contributed by atoms with Crippen LogP contribution in [0.25, 0.3) is 0 Å². The van der Waals surface area contributed by atoms with E-state index in [2.05, 4.69) is 60.0 Å². The van der Waals surface area contributed by atoms with E-state index in [9.17, 15) is 19.2 Å². The van der Waals surface area contributed by atoms with Crippen LogP contribution in [0, 0.1) is 11.3 Å². The summed E-state index contributed by atoms with van der Waals surface area (Å²) in [4.78, 5) is 54.6. The Morgan fingerprint density at radius 2 is 1.27 bits per heavy atom. The summed E-state index contributed by atoms with van der Waals surface area (Å²) in [5.41, 5.74) is -1.07. The molecule has 0 fully saturated rings. The van der Waals surface area contributed by atoms with Crippen LogP contribution in [0.2, 0.25) is 36.3 Å². The van der Waals surface area contributed by atoms with E-state index < -0.39 is 75.6 Å². The summed E-state index contributed by atoms with van der Waals surface area (Å²) in [6.45, 7) is 36.9. The number of hydrogen-bond donors (Lipinski definition) is 1. The van der Waals surface area contributed by atoms with Crippen molar-refractivity contribution in [3.05, 3.63) is 11.1 Å². The first-order valence-corrected chi connectivity index (χ1v) is 23.8. The first kappa shape index (κ1) is 47.2. The van der Waals surface area contributed by atoms with Gasteiger partial charge in [-0.05, 0) is 116 Å². The van der Waals surface area contributed by atoms with Crippen LogP contribution in [0.5, 0.6) is 0 Å². The SMILES string of the molecule is CC[C@H](O[Si](C)(C)C(C)(C)C)C(C)(C)C(=O)C(=O)/C(C)=C(\C)[C@H](C)OC(=O)C(O[Si](CC)(CC)CC)[C@H](CC(C)C)NC(=O)OC(C)(C)C. The maximum atomic E-state index is 14.1. The van der Waals surface area contributed by atoms with Crippen LogP contribution >= 0.6 is 0 Å². The summed E-state index contributed by atoms with van der Waals surface area (Å²) in [6, 6.07) is 1.68. The lowest BCUT2D eigenvalue weighted by Gasteiger charge is -2.43. The molecule has 0 aromatic heterocycles. The molecule has 1 N–H and O–H groups in total. The largest absolute Gasteiger partial charge is 0.456 e. The molecule has 0 saturated heterocycles. The van der Waals surface area contributed by atoms with Crippen LogP contribution in [0.1, 0.15) is 131 Å². The van der Waals surface area contributed by atoms with Crippen LogP contribution in [0.3, 0.4) is 0 Å². The molecule has 0 saturated carbocycles. The smallest absolute Gasteiger partial charge is 0.407 e. The average Bonchev–Trinajstić information content (AvgIpc) is 2.96.